The molecule has 5 heteroatoms. The molecule has 1 aromatic rings. The number of anilines is 1. The first kappa shape index (κ1) is 10.7. The molecule has 1 saturated heterocycles. The highest BCUT2D eigenvalue weighted by Gasteiger charge is 2.26. The Morgan fingerprint density at radius 2 is 2.00 bits per heavy atom. The highest BCUT2D eigenvalue weighted by molar-refractivity contribution is 5.73. The molecule has 1 aliphatic heterocycles. The van der Waals surface area contributed by atoms with Crippen molar-refractivity contribution >= 4 is 11.7 Å². The zero-order chi connectivity index (χ0) is 11.5. The number of aromatic nitrogens is 1. The number of nitrogens with zero attached hydrogens (tertiary/aromatic N) is 3. The Bertz CT molecular complexity index is 387. The summed E-state index contributed by atoms with van der Waals surface area (Å²) in [5, 5.41) is 9.63. The van der Waals surface area contributed by atoms with Gasteiger partial charge in [0.2, 0.25) is 5.91 Å². The zero-order valence-electron chi connectivity index (χ0n) is 9.33. The quantitative estimate of drug-likeness (QED) is 0.532. The molecule has 1 N–H and O–H groups in total. The number of rotatable bonds is 1. The topological polar surface area (TPSA) is 47.7 Å². The minimum atomic E-state index is 0.115. The van der Waals surface area contributed by atoms with E-state index in [0.29, 0.717) is 13.1 Å². The molecule has 0 saturated carbocycles. The molecule has 0 aliphatic carbocycles. The predicted molar refractivity (Wildman–Crippen MR) is 58.3 cm³/mol. The first-order chi connectivity index (χ1) is 7.68. The number of hydrogen-bond acceptors (Lipinski definition) is 3. The Labute approximate surface area is 94.5 Å². The summed E-state index contributed by atoms with van der Waals surface area (Å²) >= 11 is 0. The van der Waals surface area contributed by atoms with Gasteiger partial charge in [0.1, 0.15) is 19.3 Å². The molecule has 0 unspecified atom stereocenters. The Morgan fingerprint density at radius 1 is 1.31 bits per heavy atom. The van der Waals surface area contributed by atoms with Gasteiger partial charge in [0.25, 0.3) is 0 Å². The van der Waals surface area contributed by atoms with Crippen LogP contribution in [-0.2, 0) is 4.79 Å². The summed E-state index contributed by atoms with van der Waals surface area (Å²) in [6, 6.07) is 5.53. The van der Waals surface area contributed by atoms with Crippen LogP contribution in [0, 0.1) is 0 Å². The Morgan fingerprint density at radius 3 is 2.56 bits per heavy atom. The maximum Gasteiger partial charge on any atom is 0.316 e. The van der Waals surface area contributed by atoms with Crippen molar-refractivity contribution in [1.82, 2.24) is 4.90 Å². The highest BCUT2D eigenvalue weighted by atomic mass is 16.5. The summed E-state index contributed by atoms with van der Waals surface area (Å²) in [5.74, 6) is 0.885. The molecule has 16 heavy (non-hydrogen) atoms. The van der Waals surface area contributed by atoms with Crippen LogP contribution >= 0.6 is 0 Å². The fourth-order valence-corrected chi connectivity index (χ4v) is 1.93. The molecule has 0 aromatic carbocycles. The van der Waals surface area contributed by atoms with E-state index >= 15 is 0 Å². The summed E-state index contributed by atoms with van der Waals surface area (Å²) in [7, 11) is 0. The van der Waals surface area contributed by atoms with E-state index in [0.717, 1.165) is 23.6 Å². The third-order valence-electron chi connectivity index (χ3n) is 2.87. The van der Waals surface area contributed by atoms with Gasteiger partial charge in [-0.3, -0.25) is 9.69 Å². The average Bonchev–Trinajstić information content (AvgIpc) is 2.30. The van der Waals surface area contributed by atoms with Gasteiger partial charge in [-0.15, -0.1) is 0 Å². The Kier molecular flexibility index (Phi) is 2.94. The monoisotopic (exact) mass is 222 g/mol. The van der Waals surface area contributed by atoms with Crippen LogP contribution in [0.1, 0.15) is 6.92 Å². The number of amides is 1. The average molecular weight is 222 g/mol. The first-order valence-corrected chi connectivity index (χ1v) is 5.39. The lowest BCUT2D eigenvalue weighted by molar-refractivity contribution is -0.894. The van der Waals surface area contributed by atoms with E-state index in [1.165, 1.54) is 0 Å². The second kappa shape index (κ2) is 4.38. The summed E-state index contributed by atoms with van der Waals surface area (Å²) in [4.78, 5) is 15.1. The smallest absolute Gasteiger partial charge is 0.316 e. The van der Waals surface area contributed by atoms with E-state index in [-0.39, 0.29) is 5.91 Å². The van der Waals surface area contributed by atoms with Crippen LogP contribution in [-0.4, -0.2) is 42.2 Å². The molecule has 1 amide bonds. The van der Waals surface area contributed by atoms with Gasteiger partial charge >= 0.3 is 5.82 Å². The lowest BCUT2D eigenvalue weighted by Crippen LogP contribution is -2.51. The molecule has 0 bridgehead atoms. The summed E-state index contributed by atoms with van der Waals surface area (Å²) in [6.07, 6.45) is 1.60. The van der Waals surface area contributed by atoms with Crippen LogP contribution < -0.4 is 9.63 Å². The molecule has 0 radical (unpaired) electrons. The van der Waals surface area contributed by atoms with Gasteiger partial charge in [-0.2, -0.15) is 0 Å². The van der Waals surface area contributed by atoms with Gasteiger partial charge in [0.15, 0.2) is 0 Å². The van der Waals surface area contributed by atoms with Crippen molar-refractivity contribution in [1.29, 1.82) is 0 Å². The molecule has 2 rings (SSSR count). The second-order valence-electron chi connectivity index (χ2n) is 3.90. The molecular formula is C11H16N3O2+. The summed E-state index contributed by atoms with van der Waals surface area (Å²) < 4.78 is 1.11. The molecule has 0 spiro atoms. The standard InChI is InChI=1S/C11H16N3O2/c1-10(15)12-6-8-13(9-7-12)11-4-2-3-5-14(11)16/h2-5,16H,6-9H2,1H3/q+1. The van der Waals surface area contributed by atoms with Crippen molar-refractivity contribution in [3.05, 3.63) is 24.4 Å². The third kappa shape index (κ3) is 2.08. The van der Waals surface area contributed by atoms with E-state index in [1.807, 2.05) is 17.0 Å². The lowest BCUT2D eigenvalue weighted by atomic mass is 10.3. The molecule has 1 aromatic heterocycles. The van der Waals surface area contributed by atoms with Crippen molar-refractivity contribution in [2.75, 3.05) is 31.1 Å². The number of piperazine rings is 1. The van der Waals surface area contributed by atoms with E-state index in [4.69, 9.17) is 0 Å². The number of hydrogen-bond donors (Lipinski definition) is 1. The molecule has 0 atom stereocenters. The first-order valence-electron chi connectivity index (χ1n) is 5.39. The van der Waals surface area contributed by atoms with E-state index in [2.05, 4.69) is 4.90 Å². The zero-order valence-corrected chi connectivity index (χ0v) is 9.33. The van der Waals surface area contributed by atoms with Crippen molar-refractivity contribution in [3.63, 3.8) is 0 Å². The van der Waals surface area contributed by atoms with E-state index in [9.17, 15) is 10.0 Å². The Balaban J connectivity index is 2.05. The van der Waals surface area contributed by atoms with E-state index in [1.54, 1.807) is 19.2 Å². The number of pyridine rings is 1. The van der Waals surface area contributed by atoms with Crippen molar-refractivity contribution in [3.8, 4) is 0 Å². The lowest BCUT2D eigenvalue weighted by Gasteiger charge is -2.30. The fourth-order valence-electron chi connectivity index (χ4n) is 1.93. The molecule has 2 heterocycles. The molecule has 1 aliphatic rings. The normalized spacial score (nSPS) is 16.3. The maximum absolute atomic E-state index is 11.2. The highest BCUT2D eigenvalue weighted by Crippen LogP contribution is 2.10. The minimum Gasteiger partial charge on any atom is -0.350 e. The van der Waals surface area contributed by atoms with Crippen molar-refractivity contribution < 1.29 is 14.7 Å². The van der Waals surface area contributed by atoms with Gasteiger partial charge in [-0.05, 0) is 6.07 Å². The Hall–Kier alpha value is -1.78. The van der Waals surface area contributed by atoms with Crippen LogP contribution in [0.3, 0.4) is 0 Å². The van der Waals surface area contributed by atoms with Gasteiger partial charge in [-0.25, -0.2) is 0 Å². The fraction of sp³-hybridized carbons (Fsp3) is 0.455. The predicted octanol–water partition coefficient (Wildman–Crippen LogP) is -0.120. The minimum absolute atomic E-state index is 0.115. The van der Waals surface area contributed by atoms with Crippen LogP contribution in [0.2, 0.25) is 0 Å². The van der Waals surface area contributed by atoms with Crippen LogP contribution in [0.4, 0.5) is 5.82 Å². The van der Waals surface area contributed by atoms with Crippen molar-refractivity contribution in [2.24, 2.45) is 0 Å². The van der Waals surface area contributed by atoms with Gasteiger partial charge in [0, 0.05) is 13.0 Å². The van der Waals surface area contributed by atoms with Crippen molar-refractivity contribution in [2.45, 2.75) is 6.92 Å². The van der Waals surface area contributed by atoms with Crippen LogP contribution in [0.15, 0.2) is 24.4 Å². The SMILES string of the molecule is CC(=O)N1CCN(c2cccc[n+]2O)CC1. The molecular weight excluding hydrogens is 206 g/mol. The molecule has 5 nitrogen and oxygen atoms in total. The third-order valence-corrected chi connectivity index (χ3v) is 2.87. The van der Waals surface area contributed by atoms with E-state index < -0.39 is 0 Å². The van der Waals surface area contributed by atoms with Crippen LogP contribution in [0.25, 0.3) is 0 Å². The van der Waals surface area contributed by atoms with Crippen LogP contribution in [0.5, 0.6) is 0 Å². The summed E-state index contributed by atoms with van der Waals surface area (Å²) in [6.45, 7) is 4.52. The van der Waals surface area contributed by atoms with Gasteiger partial charge in [0.05, 0.1) is 13.1 Å². The van der Waals surface area contributed by atoms with Gasteiger partial charge in [-0.1, -0.05) is 10.8 Å². The second-order valence-corrected chi connectivity index (χ2v) is 3.90. The van der Waals surface area contributed by atoms with Gasteiger partial charge < -0.3 is 10.1 Å². The number of carbonyl (C=O) groups is 1. The summed E-state index contributed by atoms with van der Waals surface area (Å²) in [5.41, 5.74) is 0. The molecule has 1 fully saturated rings. The number of carbonyl (C=O) groups excluding carboxylic acids is 1. The molecule has 86 valence electrons. The largest absolute Gasteiger partial charge is 0.350 e. The maximum atomic E-state index is 11.2.